The van der Waals surface area contributed by atoms with Crippen LogP contribution in [0.4, 0.5) is 0 Å². The monoisotopic (exact) mass is 152 g/mol. The van der Waals surface area contributed by atoms with Crippen LogP contribution < -0.4 is 0 Å². The summed E-state index contributed by atoms with van der Waals surface area (Å²) >= 11 is 0. The Hall–Kier alpha value is -0.970. The molecular weight excluding hydrogens is 140 g/mol. The van der Waals surface area contributed by atoms with Gasteiger partial charge in [0, 0.05) is 6.42 Å². The number of rotatable bonds is 2. The van der Waals surface area contributed by atoms with Crippen molar-refractivity contribution in [2.75, 3.05) is 0 Å². The van der Waals surface area contributed by atoms with Crippen molar-refractivity contribution < 1.29 is 9.90 Å². The molecule has 1 aliphatic rings. The minimum absolute atomic E-state index is 0.175. The predicted octanol–water partition coefficient (Wildman–Crippen LogP) is 1.51. The lowest BCUT2D eigenvalue weighted by Crippen LogP contribution is -2.17. The van der Waals surface area contributed by atoms with Crippen molar-refractivity contribution in [2.24, 2.45) is 11.8 Å². The van der Waals surface area contributed by atoms with Crippen LogP contribution in [0.15, 0.2) is 0 Å². The minimum atomic E-state index is -0.678. The lowest BCUT2D eigenvalue weighted by Gasteiger charge is -2.11. The molecule has 0 aromatic carbocycles. The Labute approximate surface area is 66.6 Å². The number of carboxylic acids is 1. The Morgan fingerprint density at radius 3 is 2.91 bits per heavy atom. The topological polar surface area (TPSA) is 37.3 Å². The van der Waals surface area contributed by atoms with E-state index in [9.17, 15) is 4.79 Å². The number of aliphatic carboxylic acids is 1. The summed E-state index contributed by atoms with van der Waals surface area (Å²) < 4.78 is 0. The van der Waals surface area contributed by atoms with Crippen molar-refractivity contribution in [3.8, 4) is 12.3 Å². The van der Waals surface area contributed by atoms with Gasteiger partial charge in [-0.2, -0.15) is 0 Å². The fraction of sp³-hybridized carbons (Fsp3) is 0.667. The quantitative estimate of drug-likeness (QED) is 0.609. The van der Waals surface area contributed by atoms with Gasteiger partial charge in [0.2, 0.25) is 0 Å². The molecule has 2 atom stereocenters. The van der Waals surface area contributed by atoms with Crippen LogP contribution in [0.25, 0.3) is 0 Å². The molecule has 0 radical (unpaired) electrons. The second-order valence-electron chi connectivity index (χ2n) is 3.04. The molecule has 2 nitrogen and oxygen atoms in total. The van der Waals surface area contributed by atoms with Crippen LogP contribution in [0.2, 0.25) is 0 Å². The molecule has 1 rings (SSSR count). The number of hydrogen-bond donors (Lipinski definition) is 1. The highest BCUT2D eigenvalue weighted by atomic mass is 16.4. The summed E-state index contributed by atoms with van der Waals surface area (Å²) in [6.45, 7) is 0. The van der Waals surface area contributed by atoms with Gasteiger partial charge in [-0.15, -0.1) is 12.3 Å². The zero-order valence-electron chi connectivity index (χ0n) is 6.42. The van der Waals surface area contributed by atoms with Gasteiger partial charge in [-0.3, -0.25) is 4.79 Å². The fourth-order valence-corrected chi connectivity index (χ4v) is 1.76. The number of terminal acetylenes is 1. The molecule has 0 spiro atoms. The maximum absolute atomic E-state index is 10.6. The summed E-state index contributed by atoms with van der Waals surface area (Å²) in [5.74, 6) is 1.91. The normalized spacial score (nSPS) is 29.7. The highest BCUT2D eigenvalue weighted by Gasteiger charge is 2.31. The molecule has 1 saturated carbocycles. The van der Waals surface area contributed by atoms with Crippen LogP contribution in [0.1, 0.15) is 25.7 Å². The van der Waals surface area contributed by atoms with E-state index in [0.29, 0.717) is 6.42 Å². The third-order valence-corrected chi connectivity index (χ3v) is 2.36. The number of carbonyl (C=O) groups is 1. The Balaban J connectivity index is 2.52. The molecule has 0 aromatic heterocycles. The summed E-state index contributed by atoms with van der Waals surface area (Å²) in [5.41, 5.74) is 0. The van der Waals surface area contributed by atoms with E-state index in [-0.39, 0.29) is 11.8 Å². The van der Waals surface area contributed by atoms with E-state index >= 15 is 0 Å². The summed E-state index contributed by atoms with van der Waals surface area (Å²) in [7, 11) is 0. The van der Waals surface area contributed by atoms with E-state index in [4.69, 9.17) is 11.5 Å². The molecular formula is C9H12O2. The van der Waals surface area contributed by atoms with Crippen LogP contribution >= 0.6 is 0 Å². The van der Waals surface area contributed by atoms with Crippen LogP contribution in [-0.4, -0.2) is 11.1 Å². The average Bonchev–Trinajstić information content (AvgIpc) is 2.36. The van der Waals surface area contributed by atoms with Crippen molar-refractivity contribution >= 4 is 5.97 Å². The predicted molar refractivity (Wildman–Crippen MR) is 41.9 cm³/mol. The summed E-state index contributed by atoms with van der Waals surface area (Å²) in [5, 5.41) is 8.74. The van der Waals surface area contributed by atoms with E-state index < -0.39 is 5.97 Å². The largest absolute Gasteiger partial charge is 0.481 e. The van der Waals surface area contributed by atoms with Crippen LogP contribution in [-0.2, 0) is 4.79 Å². The molecule has 1 fully saturated rings. The van der Waals surface area contributed by atoms with Gasteiger partial charge in [0.15, 0.2) is 0 Å². The molecule has 60 valence electrons. The molecule has 1 N–H and O–H groups in total. The highest BCUT2D eigenvalue weighted by molar-refractivity contribution is 5.70. The van der Waals surface area contributed by atoms with Gasteiger partial charge in [0.1, 0.15) is 0 Å². The highest BCUT2D eigenvalue weighted by Crippen LogP contribution is 2.33. The Kier molecular flexibility index (Phi) is 2.53. The van der Waals surface area contributed by atoms with Crippen molar-refractivity contribution in [3.05, 3.63) is 0 Å². The molecule has 0 aromatic rings. The lowest BCUT2D eigenvalue weighted by molar-refractivity contribution is -0.142. The summed E-state index contributed by atoms with van der Waals surface area (Å²) in [6, 6.07) is 0. The van der Waals surface area contributed by atoms with Gasteiger partial charge in [-0.1, -0.05) is 6.42 Å². The molecule has 0 saturated heterocycles. The van der Waals surface area contributed by atoms with Gasteiger partial charge in [-0.05, 0) is 18.8 Å². The minimum Gasteiger partial charge on any atom is -0.481 e. The van der Waals surface area contributed by atoms with E-state index in [1.165, 1.54) is 0 Å². The Bertz CT molecular complexity index is 190. The standard InChI is InChI=1S/C9H12O2/c1-2-4-7-5-3-6-8(7)9(10)11/h1,7-8H,3-6H2,(H,10,11). The molecule has 0 bridgehead atoms. The first-order valence-electron chi connectivity index (χ1n) is 3.92. The maximum atomic E-state index is 10.6. The smallest absolute Gasteiger partial charge is 0.306 e. The number of carboxylic acid groups (broad SMARTS) is 1. The van der Waals surface area contributed by atoms with Gasteiger partial charge in [0.05, 0.1) is 5.92 Å². The van der Waals surface area contributed by atoms with E-state index in [1.807, 2.05) is 0 Å². The lowest BCUT2D eigenvalue weighted by atomic mass is 9.93. The molecule has 2 unspecified atom stereocenters. The molecule has 0 heterocycles. The first-order valence-corrected chi connectivity index (χ1v) is 3.92. The average molecular weight is 152 g/mol. The van der Waals surface area contributed by atoms with Crippen molar-refractivity contribution in [3.63, 3.8) is 0 Å². The van der Waals surface area contributed by atoms with Gasteiger partial charge in [0.25, 0.3) is 0 Å². The maximum Gasteiger partial charge on any atom is 0.306 e. The molecule has 11 heavy (non-hydrogen) atoms. The van der Waals surface area contributed by atoms with Crippen molar-refractivity contribution in [2.45, 2.75) is 25.7 Å². The molecule has 2 heteroatoms. The van der Waals surface area contributed by atoms with Gasteiger partial charge in [-0.25, -0.2) is 0 Å². The first-order chi connectivity index (χ1) is 5.25. The third kappa shape index (κ3) is 1.74. The second kappa shape index (κ2) is 3.43. The third-order valence-electron chi connectivity index (χ3n) is 2.36. The zero-order chi connectivity index (χ0) is 8.27. The first kappa shape index (κ1) is 8.13. The summed E-state index contributed by atoms with van der Waals surface area (Å²) in [4.78, 5) is 10.6. The van der Waals surface area contributed by atoms with Crippen LogP contribution in [0, 0.1) is 24.2 Å². The van der Waals surface area contributed by atoms with Crippen molar-refractivity contribution in [1.29, 1.82) is 0 Å². The van der Waals surface area contributed by atoms with Gasteiger partial charge < -0.3 is 5.11 Å². The van der Waals surface area contributed by atoms with Crippen molar-refractivity contribution in [1.82, 2.24) is 0 Å². The van der Waals surface area contributed by atoms with Crippen LogP contribution in [0.3, 0.4) is 0 Å². The van der Waals surface area contributed by atoms with Crippen LogP contribution in [0.5, 0.6) is 0 Å². The molecule has 0 aliphatic heterocycles. The Morgan fingerprint density at radius 2 is 2.36 bits per heavy atom. The van der Waals surface area contributed by atoms with E-state index in [2.05, 4.69) is 5.92 Å². The zero-order valence-corrected chi connectivity index (χ0v) is 6.42. The Morgan fingerprint density at radius 1 is 1.64 bits per heavy atom. The fourth-order valence-electron chi connectivity index (χ4n) is 1.76. The second-order valence-corrected chi connectivity index (χ2v) is 3.04. The summed E-state index contributed by atoms with van der Waals surface area (Å²) in [6.07, 6.45) is 8.56. The number of hydrogen-bond acceptors (Lipinski definition) is 1. The molecule has 0 amide bonds. The van der Waals surface area contributed by atoms with E-state index in [0.717, 1.165) is 19.3 Å². The van der Waals surface area contributed by atoms with Gasteiger partial charge >= 0.3 is 5.97 Å². The molecule has 1 aliphatic carbocycles. The SMILES string of the molecule is C#CCC1CCCC1C(=O)O. The van der Waals surface area contributed by atoms with E-state index in [1.54, 1.807) is 0 Å².